The van der Waals surface area contributed by atoms with Crippen molar-refractivity contribution in [2.45, 2.75) is 63.6 Å². The summed E-state index contributed by atoms with van der Waals surface area (Å²) in [6.07, 6.45) is 10.7. The molecule has 4 bridgehead atoms. The quantitative estimate of drug-likeness (QED) is 0.395. The molecule has 3 aromatic rings. The van der Waals surface area contributed by atoms with Gasteiger partial charge >= 0.3 is 0 Å². The van der Waals surface area contributed by atoms with Crippen LogP contribution < -0.4 is 14.2 Å². The first-order chi connectivity index (χ1) is 16.5. The summed E-state index contributed by atoms with van der Waals surface area (Å²) in [6.45, 7) is 2.22. The highest BCUT2D eigenvalue weighted by molar-refractivity contribution is 7.16. The van der Waals surface area contributed by atoms with Gasteiger partial charge in [-0.2, -0.15) is 0 Å². The van der Waals surface area contributed by atoms with Crippen molar-refractivity contribution in [3.05, 3.63) is 73.8 Å². The molecule has 3 nitrogen and oxygen atoms in total. The zero-order chi connectivity index (χ0) is 22.6. The maximum Gasteiger partial charge on any atom is 0.264 e. The number of rotatable bonds is 1. The molecule has 4 saturated carbocycles. The molecular weight excluding hydrogens is 440 g/mol. The normalized spacial score (nSPS) is 32.3. The van der Waals surface area contributed by atoms with Gasteiger partial charge in [0.15, 0.2) is 0 Å². The second-order valence-corrected chi connectivity index (χ2v) is 12.6. The fourth-order valence-electron chi connectivity index (χ4n) is 8.34. The SMILES string of the molecule is Cc1cc2c(c(C34CC5CC(CC(C5)C3)C4)c1)OC1Oc3c(c(=O)sc4ccccc34)C=C1C2. The molecule has 4 heteroatoms. The molecule has 6 aliphatic rings. The van der Waals surface area contributed by atoms with E-state index >= 15 is 0 Å². The lowest BCUT2D eigenvalue weighted by Crippen LogP contribution is -2.49. The zero-order valence-electron chi connectivity index (χ0n) is 19.4. The first kappa shape index (κ1) is 19.7. The number of fused-ring (bicyclic) bond motifs is 5. The van der Waals surface area contributed by atoms with E-state index in [1.54, 1.807) is 0 Å². The van der Waals surface area contributed by atoms with Gasteiger partial charge in [0.25, 0.3) is 6.29 Å². The average Bonchev–Trinajstić information content (AvgIpc) is 2.81. The third-order valence-corrected chi connectivity index (χ3v) is 10.2. The first-order valence-electron chi connectivity index (χ1n) is 12.8. The molecule has 1 atom stereocenters. The maximum atomic E-state index is 12.9. The van der Waals surface area contributed by atoms with E-state index < -0.39 is 6.29 Å². The molecule has 0 amide bonds. The van der Waals surface area contributed by atoms with Gasteiger partial charge in [-0.05, 0) is 92.4 Å². The molecule has 34 heavy (non-hydrogen) atoms. The smallest absolute Gasteiger partial charge is 0.264 e. The van der Waals surface area contributed by atoms with E-state index in [0.29, 0.717) is 11.3 Å². The zero-order valence-corrected chi connectivity index (χ0v) is 20.3. The van der Waals surface area contributed by atoms with Gasteiger partial charge in [-0.25, -0.2) is 0 Å². The summed E-state index contributed by atoms with van der Waals surface area (Å²) in [5.41, 5.74) is 6.03. The Balaban J connectivity index is 1.26. The van der Waals surface area contributed by atoms with Gasteiger partial charge in [0.1, 0.15) is 11.5 Å². The van der Waals surface area contributed by atoms with Gasteiger partial charge < -0.3 is 9.47 Å². The molecule has 2 aromatic carbocycles. The van der Waals surface area contributed by atoms with Crippen molar-refractivity contribution >= 4 is 27.5 Å². The number of hydrogen-bond donors (Lipinski definition) is 0. The van der Waals surface area contributed by atoms with Gasteiger partial charge in [-0.1, -0.05) is 41.2 Å². The fraction of sp³-hybridized carbons (Fsp3) is 0.433. The molecule has 1 unspecified atom stereocenters. The van der Waals surface area contributed by atoms with Crippen LogP contribution in [0.15, 0.2) is 46.8 Å². The summed E-state index contributed by atoms with van der Waals surface area (Å²) in [5, 5.41) is 0.997. The summed E-state index contributed by atoms with van der Waals surface area (Å²) in [4.78, 5) is 12.9. The molecule has 1 aromatic heterocycles. The van der Waals surface area contributed by atoms with E-state index in [1.807, 2.05) is 30.3 Å². The van der Waals surface area contributed by atoms with Crippen molar-refractivity contribution in [1.29, 1.82) is 0 Å². The van der Waals surface area contributed by atoms with Crippen LogP contribution in [0.4, 0.5) is 0 Å². The molecule has 0 saturated heterocycles. The van der Waals surface area contributed by atoms with E-state index in [2.05, 4.69) is 19.1 Å². The summed E-state index contributed by atoms with van der Waals surface area (Å²) >= 11 is 1.30. The topological polar surface area (TPSA) is 35.5 Å². The van der Waals surface area contributed by atoms with Crippen LogP contribution >= 0.6 is 11.3 Å². The highest BCUT2D eigenvalue weighted by Crippen LogP contribution is 2.62. The molecule has 4 aliphatic carbocycles. The van der Waals surface area contributed by atoms with Gasteiger partial charge in [-0.3, -0.25) is 4.79 Å². The number of hydrogen-bond acceptors (Lipinski definition) is 4. The van der Waals surface area contributed by atoms with E-state index in [4.69, 9.17) is 9.47 Å². The summed E-state index contributed by atoms with van der Waals surface area (Å²) < 4.78 is 14.3. The van der Waals surface area contributed by atoms with Crippen molar-refractivity contribution in [3.63, 3.8) is 0 Å². The molecule has 0 radical (unpaired) electrons. The summed E-state index contributed by atoms with van der Waals surface area (Å²) in [5.74, 6) is 4.43. The number of ether oxygens (including phenoxy) is 2. The van der Waals surface area contributed by atoms with E-state index in [0.717, 1.165) is 45.6 Å². The molecular formula is C30H28O3S. The minimum atomic E-state index is -0.453. The fourth-order valence-corrected chi connectivity index (χ4v) is 9.22. The maximum absolute atomic E-state index is 12.9. The van der Waals surface area contributed by atoms with Gasteiger partial charge in [0.2, 0.25) is 4.74 Å². The van der Waals surface area contributed by atoms with Crippen LogP contribution in [0.3, 0.4) is 0 Å². The first-order valence-corrected chi connectivity index (χ1v) is 13.6. The van der Waals surface area contributed by atoms with Crippen molar-refractivity contribution < 1.29 is 9.47 Å². The lowest BCUT2D eigenvalue weighted by atomic mass is 9.48. The molecule has 4 fully saturated rings. The second-order valence-electron chi connectivity index (χ2n) is 11.6. The standard InChI is InChI=1S/C30H28O3S/c1-16-6-20-11-21-12-23-27(22-4-2-3-5-25(22)34-28(23)31)33-29(21)32-26(20)24(7-16)30-13-17-8-18(14-30)10-19(9-17)15-30/h2-7,12,17-19,29H,8-11,13-15H2,1H3. The van der Waals surface area contributed by atoms with Crippen LogP contribution in [-0.2, 0) is 11.8 Å². The highest BCUT2D eigenvalue weighted by atomic mass is 32.1. The Labute approximate surface area is 203 Å². The Morgan fingerprint density at radius 3 is 2.41 bits per heavy atom. The van der Waals surface area contributed by atoms with Crippen molar-refractivity contribution in [3.8, 4) is 11.5 Å². The minimum absolute atomic E-state index is 0.0592. The average molecular weight is 469 g/mol. The molecule has 172 valence electrons. The van der Waals surface area contributed by atoms with Crippen molar-refractivity contribution in [2.75, 3.05) is 0 Å². The van der Waals surface area contributed by atoms with E-state index in [-0.39, 0.29) is 10.2 Å². The van der Waals surface area contributed by atoms with E-state index in [1.165, 1.54) is 66.6 Å². The Morgan fingerprint density at radius 2 is 1.65 bits per heavy atom. The molecule has 2 aliphatic heterocycles. The van der Waals surface area contributed by atoms with Crippen molar-refractivity contribution in [2.24, 2.45) is 17.8 Å². The Kier molecular flexibility index (Phi) is 3.91. The highest BCUT2D eigenvalue weighted by Gasteiger charge is 2.53. The van der Waals surface area contributed by atoms with Crippen LogP contribution in [0.1, 0.15) is 60.8 Å². The predicted octanol–water partition coefficient (Wildman–Crippen LogP) is 6.77. The summed E-state index contributed by atoms with van der Waals surface area (Å²) in [7, 11) is 0. The predicted molar refractivity (Wildman–Crippen MR) is 136 cm³/mol. The lowest BCUT2D eigenvalue weighted by Gasteiger charge is -2.57. The number of benzene rings is 2. The third kappa shape index (κ3) is 2.72. The summed E-state index contributed by atoms with van der Waals surface area (Å²) in [6, 6.07) is 12.7. The minimum Gasteiger partial charge on any atom is -0.450 e. The van der Waals surface area contributed by atoms with Crippen LogP contribution in [0.2, 0.25) is 0 Å². The lowest BCUT2D eigenvalue weighted by molar-refractivity contribution is -0.0121. The molecule has 0 spiro atoms. The molecule has 0 N–H and O–H groups in total. The Bertz CT molecular complexity index is 1430. The second kappa shape index (κ2) is 6.75. The van der Waals surface area contributed by atoms with Crippen LogP contribution in [-0.4, -0.2) is 6.29 Å². The van der Waals surface area contributed by atoms with Gasteiger partial charge in [0.05, 0.1) is 5.56 Å². The van der Waals surface area contributed by atoms with Gasteiger partial charge in [0, 0.05) is 27.6 Å². The molecule has 9 rings (SSSR count). The molecule has 3 heterocycles. The van der Waals surface area contributed by atoms with Crippen LogP contribution in [0, 0.1) is 24.7 Å². The third-order valence-electron chi connectivity index (χ3n) is 9.20. The Morgan fingerprint density at radius 1 is 0.941 bits per heavy atom. The van der Waals surface area contributed by atoms with Crippen LogP contribution in [0.25, 0.3) is 16.2 Å². The van der Waals surface area contributed by atoms with Crippen molar-refractivity contribution in [1.82, 2.24) is 0 Å². The monoisotopic (exact) mass is 468 g/mol. The Hall–Kier alpha value is -2.59. The number of aryl methyl sites for hydroxylation is 1. The van der Waals surface area contributed by atoms with E-state index in [9.17, 15) is 4.79 Å². The van der Waals surface area contributed by atoms with Crippen LogP contribution in [0.5, 0.6) is 11.5 Å². The van der Waals surface area contributed by atoms with Gasteiger partial charge in [-0.15, -0.1) is 0 Å². The largest absolute Gasteiger partial charge is 0.450 e.